The number of rotatable bonds is 15. The van der Waals surface area contributed by atoms with Gasteiger partial charge in [-0.2, -0.15) is 0 Å². The number of ether oxygens (including phenoxy) is 4. The molecule has 0 saturated heterocycles. The average Bonchev–Trinajstić information content (AvgIpc) is 2.98. The fraction of sp³-hybridized carbons (Fsp3) is 0.286. The third kappa shape index (κ3) is 9.56. The van der Waals surface area contributed by atoms with Gasteiger partial charge in [-0.1, -0.05) is 76.1 Å². The number of methoxy groups -OCH3 is 1. The number of carbonyl (C=O) groups is 3. The molecule has 0 spiro atoms. The number of hydrogen-bond acceptors (Lipinski definition) is 7. The summed E-state index contributed by atoms with van der Waals surface area (Å²) in [5.41, 5.74) is 3.03. The molecule has 42 heavy (non-hydrogen) atoms. The summed E-state index contributed by atoms with van der Waals surface area (Å²) in [4.78, 5) is 37.7. The average molecular weight is 571 g/mol. The van der Waals surface area contributed by atoms with Gasteiger partial charge in [0, 0.05) is 12.7 Å². The van der Waals surface area contributed by atoms with Crippen LogP contribution in [-0.4, -0.2) is 31.6 Å². The molecule has 0 fully saturated rings. The molecule has 3 aromatic carbocycles. The van der Waals surface area contributed by atoms with Gasteiger partial charge >= 0.3 is 17.9 Å². The lowest BCUT2D eigenvalue weighted by atomic mass is 10.0. The first-order valence-electron chi connectivity index (χ1n) is 14.0. The molecular weight excluding hydrogens is 532 g/mol. The molecule has 7 heteroatoms. The third-order valence-electron chi connectivity index (χ3n) is 6.46. The van der Waals surface area contributed by atoms with Crippen LogP contribution < -0.4 is 14.2 Å². The maximum Gasteiger partial charge on any atom is 0.347 e. The summed E-state index contributed by atoms with van der Waals surface area (Å²) >= 11 is 0. The zero-order valence-corrected chi connectivity index (χ0v) is 24.6. The number of esters is 3. The summed E-state index contributed by atoms with van der Waals surface area (Å²) in [5, 5.41) is 0. The van der Waals surface area contributed by atoms with Crippen LogP contribution in [0.25, 0.3) is 11.1 Å². The van der Waals surface area contributed by atoms with Gasteiger partial charge in [0.15, 0.2) is 0 Å². The van der Waals surface area contributed by atoms with Gasteiger partial charge in [0.2, 0.25) is 0 Å². The van der Waals surface area contributed by atoms with Crippen LogP contribution in [0.4, 0.5) is 0 Å². The highest BCUT2D eigenvalue weighted by molar-refractivity contribution is 5.98. The van der Waals surface area contributed by atoms with Crippen molar-refractivity contribution in [1.82, 2.24) is 0 Å². The lowest BCUT2D eigenvalue weighted by Crippen LogP contribution is -2.17. The van der Waals surface area contributed by atoms with E-state index < -0.39 is 17.9 Å². The van der Waals surface area contributed by atoms with Crippen LogP contribution in [0.5, 0.6) is 17.2 Å². The molecule has 0 bridgehead atoms. The Balaban J connectivity index is 1.81. The van der Waals surface area contributed by atoms with E-state index in [0.29, 0.717) is 17.1 Å². The normalized spacial score (nSPS) is 10.5. The fourth-order valence-corrected chi connectivity index (χ4v) is 4.09. The lowest BCUT2D eigenvalue weighted by molar-refractivity contribution is -0.131. The Hall–Kier alpha value is -4.49. The van der Waals surface area contributed by atoms with E-state index >= 15 is 0 Å². The number of benzene rings is 3. The molecule has 220 valence electrons. The SMILES string of the molecule is C=C(C)C(=O)Oc1ccc(-c2ccc(OC(=O)C(=C)COC)c(C(=O)Oc3ccc(CCCCCCC)cc3)c2)cc1. The minimum absolute atomic E-state index is 0.00997. The molecule has 3 rings (SSSR count). The molecule has 0 radical (unpaired) electrons. The van der Waals surface area contributed by atoms with Gasteiger partial charge in [0.05, 0.1) is 12.2 Å². The van der Waals surface area contributed by atoms with E-state index in [2.05, 4.69) is 20.1 Å². The van der Waals surface area contributed by atoms with Gasteiger partial charge in [-0.25, -0.2) is 14.4 Å². The Morgan fingerprint density at radius 3 is 1.98 bits per heavy atom. The van der Waals surface area contributed by atoms with E-state index in [0.717, 1.165) is 18.4 Å². The second-order valence-electron chi connectivity index (χ2n) is 10.0. The first-order chi connectivity index (χ1) is 20.2. The molecule has 0 N–H and O–H groups in total. The fourth-order valence-electron chi connectivity index (χ4n) is 4.09. The Morgan fingerprint density at radius 2 is 1.33 bits per heavy atom. The van der Waals surface area contributed by atoms with Crippen LogP contribution in [-0.2, 0) is 20.7 Å². The number of hydrogen-bond donors (Lipinski definition) is 0. The maximum atomic E-state index is 13.4. The molecule has 7 nitrogen and oxygen atoms in total. The number of aryl methyl sites for hydroxylation is 1. The second-order valence-corrected chi connectivity index (χ2v) is 10.0. The van der Waals surface area contributed by atoms with Gasteiger partial charge in [0.1, 0.15) is 22.8 Å². The quantitative estimate of drug-likeness (QED) is 0.0801. The van der Waals surface area contributed by atoms with Crippen LogP contribution in [0.15, 0.2) is 91.0 Å². The van der Waals surface area contributed by atoms with Gasteiger partial charge in [0.25, 0.3) is 0 Å². The van der Waals surface area contributed by atoms with E-state index in [4.69, 9.17) is 18.9 Å². The molecule has 0 heterocycles. The van der Waals surface area contributed by atoms with Crippen LogP contribution >= 0.6 is 0 Å². The predicted octanol–water partition coefficient (Wildman–Crippen LogP) is 7.68. The van der Waals surface area contributed by atoms with Crippen molar-refractivity contribution in [3.05, 3.63) is 102 Å². The third-order valence-corrected chi connectivity index (χ3v) is 6.46. The van der Waals surface area contributed by atoms with Crippen molar-refractivity contribution in [2.45, 2.75) is 52.4 Å². The maximum absolute atomic E-state index is 13.4. The summed E-state index contributed by atoms with van der Waals surface area (Å²) in [6.07, 6.45) is 6.99. The summed E-state index contributed by atoms with van der Waals surface area (Å²) in [7, 11) is 1.44. The standard InChI is InChI=1S/C35H38O7/c1-6-7-8-9-10-11-26-12-17-29(18-13-26)41-35(38)31-22-28(16-21-32(31)42-34(37)25(4)23-39-5)27-14-19-30(20-15-27)40-33(36)24(2)3/h12-22H,2,4,6-11,23H2,1,3,5H3. The van der Waals surface area contributed by atoms with Gasteiger partial charge in [-0.3, -0.25) is 0 Å². The molecule has 0 aliphatic rings. The van der Waals surface area contributed by atoms with Crippen molar-refractivity contribution in [1.29, 1.82) is 0 Å². The van der Waals surface area contributed by atoms with Gasteiger partial charge in [-0.05, 0) is 72.9 Å². The number of carbonyl (C=O) groups excluding carboxylic acids is 3. The summed E-state index contributed by atoms with van der Waals surface area (Å²) in [5.74, 6) is -1.15. The van der Waals surface area contributed by atoms with E-state index in [1.807, 2.05) is 12.1 Å². The van der Waals surface area contributed by atoms with Gasteiger partial charge in [-0.15, -0.1) is 0 Å². The van der Waals surface area contributed by atoms with Crippen molar-refractivity contribution in [3.8, 4) is 28.4 Å². The molecule has 0 atom stereocenters. The summed E-state index contributed by atoms with van der Waals surface area (Å²) in [6.45, 7) is 11.0. The summed E-state index contributed by atoms with van der Waals surface area (Å²) in [6, 6.07) is 19.0. The number of unbranched alkanes of at least 4 members (excludes halogenated alkanes) is 4. The minimum Gasteiger partial charge on any atom is -0.423 e. The highest BCUT2D eigenvalue weighted by Gasteiger charge is 2.20. The van der Waals surface area contributed by atoms with Crippen molar-refractivity contribution < 1.29 is 33.3 Å². The van der Waals surface area contributed by atoms with Crippen molar-refractivity contribution >= 4 is 17.9 Å². The first-order valence-corrected chi connectivity index (χ1v) is 14.0. The Kier molecular flexibility index (Phi) is 12.3. The summed E-state index contributed by atoms with van der Waals surface area (Å²) < 4.78 is 21.4. The topological polar surface area (TPSA) is 88.1 Å². The first kappa shape index (κ1) is 32.0. The monoisotopic (exact) mass is 570 g/mol. The van der Waals surface area contributed by atoms with Crippen molar-refractivity contribution in [3.63, 3.8) is 0 Å². The van der Waals surface area contributed by atoms with Crippen LogP contribution in [0, 0.1) is 0 Å². The molecule has 0 aliphatic carbocycles. The molecular formula is C35H38O7. The van der Waals surface area contributed by atoms with Crippen LogP contribution in [0.3, 0.4) is 0 Å². The Labute approximate surface area is 247 Å². The largest absolute Gasteiger partial charge is 0.423 e. The minimum atomic E-state index is -0.717. The van der Waals surface area contributed by atoms with E-state index in [9.17, 15) is 14.4 Å². The molecule has 3 aromatic rings. The molecule has 0 unspecified atom stereocenters. The van der Waals surface area contributed by atoms with E-state index in [-0.39, 0.29) is 29.1 Å². The second kappa shape index (κ2) is 16.1. The van der Waals surface area contributed by atoms with Crippen molar-refractivity contribution in [2.24, 2.45) is 0 Å². The zero-order chi connectivity index (χ0) is 30.5. The highest BCUT2D eigenvalue weighted by atomic mass is 16.6. The predicted molar refractivity (Wildman–Crippen MR) is 163 cm³/mol. The van der Waals surface area contributed by atoms with Crippen LogP contribution in [0.1, 0.15) is 61.9 Å². The van der Waals surface area contributed by atoms with Crippen LogP contribution in [0.2, 0.25) is 0 Å². The van der Waals surface area contributed by atoms with E-state index in [1.54, 1.807) is 55.5 Å². The van der Waals surface area contributed by atoms with Gasteiger partial charge < -0.3 is 18.9 Å². The van der Waals surface area contributed by atoms with Crippen molar-refractivity contribution in [2.75, 3.05) is 13.7 Å². The highest BCUT2D eigenvalue weighted by Crippen LogP contribution is 2.30. The Bertz CT molecular complexity index is 1400. The lowest BCUT2D eigenvalue weighted by Gasteiger charge is -2.13. The Morgan fingerprint density at radius 1 is 0.714 bits per heavy atom. The molecule has 0 saturated carbocycles. The smallest absolute Gasteiger partial charge is 0.347 e. The molecule has 0 aliphatic heterocycles. The molecule has 0 aromatic heterocycles. The molecule has 0 amide bonds. The zero-order valence-electron chi connectivity index (χ0n) is 24.6. The van der Waals surface area contributed by atoms with E-state index in [1.165, 1.54) is 44.4 Å².